The quantitative estimate of drug-likeness (QED) is 0.773. The minimum absolute atomic E-state index is 0.455. The largest absolute Gasteiger partial charge is 0.378 e. The van der Waals surface area contributed by atoms with E-state index in [0.717, 1.165) is 38.0 Å². The summed E-state index contributed by atoms with van der Waals surface area (Å²) in [6.45, 7) is 3.53. The summed E-state index contributed by atoms with van der Waals surface area (Å²) in [7, 11) is 0.933. The molecular weight excluding hydrogens is 370 g/mol. The summed E-state index contributed by atoms with van der Waals surface area (Å²) < 4.78 is 24.0. The zero-order chi connectivity index (χ0) is 20.1. The highest BCUT2D eigenvalue weighted by Crippen LogP contribution is 2.20. The van der Waals surface area contributed by atoms with Crippen LogP contribution < -0.4 is 10.2 Å². The normalized spacial score (nSPS) is 16.2. The van der Waals surface area contributed by atoms with E-state index in [1.807, 2.05) is 12.1 Å². The van der Waals surface area contributed by atoms with Gasteiger partial charge in [-0.2, -0.15) is 0 Å². The fraction of sp³-hybridized carbons (Fsp3) is 0.455. The van der Waals surface area contributed by atoms with E-state index in [1.165, 1.54) is 17.5 Å². The molecule has 1 aliphatic heterocycles. The van der Waals surface area contributed by atoms with Gasteiger partial charge < -0.3 is 10.2 Å². The lowest BCUT2D eigenvalue weighted by Gasteiger charge is -2.33. The van der Waals surface area contributed by atoms with Gasteiger partial charge in [-0.25, -0.2) is 8.42 Å². The number of benzene rings is 2. The molecule has 0 radical (unpaired) electrons. The number of sulfone groups is 1. The second kappa shape index (κ2) is 9.07. The summed E-state index contributed by atoms with van der Waals surface area (Å²) in [5.41, 5.74) is 3.42. The number of anilines is 1. The standard InChI is InChI=1S/C22H31N3O2S/c1-24(2)21-9-6-7-18(15-21)16-23-20-11-13-25(14-12-20)17-19-8-4-5-10-22(19)28(3,26)27/h4-10,15,20,23H,11-14,16-17H2,1-3H3. The Hall–Kier alpha value is -1.89. The molecule has 1 fully saturated rings. The van der Waals surface area contributed by atoms with E-state index in [-0.39, 0.29) is 0 Å². The third kappa shape index (κ3) is 5.56. The molecule has 0 saturated carbocycles. The van der Waals surface area contributed by atoms with Crippen LogP contribution in [0, 0.1) is 0 Å². The van der Waals surface area contributed by atoms with Crippen molar-refractivity contribution in [2.75, 3.05) is 38.3 Å². The molecule has 0 bridgehead atoms. The van der Waals surface area contributed by atoms with E-state index in [4.69, 9.17) is 0 Å². The maximum atomic E-state index is 12.0. The van der Waals surface area contributed by atoms with Gasteiger partial charge in [0, 0.05) is 45.2 Å². The maximum absolute atomic E-state index is 12.0. The highest BCUT2D eigenvalue weighted by molar-refractivity contribution is 7.90. The lowest BCUT2D eigenvalue weighted by Crippen LogP contribution is -2.42. The van der Waals surface area contributed by atoms with E-state index < -0.39 is 9.84 Å². The average molecular weight is 402 g/mol. The maximum Gasteiger partial charge on any atom is 0.175 e. The van der Waals surface area contributed by atoms with Crippen LogP contribution in [0.3, 0.4) is 0 Å². The first-order valence-corrected chi connectivity index (χ1v) is 11.7. The highest BCUT2D eigenvalue weighted by Gasteiger charge is 2.21. The van der Waals surface area contributed by atoms with Crippen molar-refractivity contribution >= 4 is 15.5 Å². The summed E-state index contributed by atoms with van der Waals surface area (Å²) in [5, 5.41) is 3.68. The van der Waals surface area contributed by atoms with Gasteiger partial charge in [0.15, 0.2) is 9.84 Å². The van der Waals surface area contributed by atoms with Crippen molar-refractivity contribution in [1.82, 2.24) is 10.2 Å². The van der Waals surface area contributed by atoms with E-state index >= 15 is 0 Å². The van der Waals surface area contributed by atoms with Crippen molar-refractivity contribution in [2.45, 2.75) is 36.9 Å². The first-order chi connectivity index (χ1) is 13.3. The number of piperidine rings is 1. The number of nitrogens with zero attached hydrogens (tertiary/aromatic N) is 2. The smallest absolute Gasteiger partial charge is 0.175 e. The van der Waals surface area contributed by atoms with Crippen molar-refractivity contribution in [3.05, 3.63) is 59.7 Å². The minimum Gasteiger partial charge on any atom is -0.378 e. The first kappa shape index (κ1) is 20.8. The summed E-state index contributed by atoms with van der Waals surface area (Å²) in [6, 6.07) is 16.5. The van der Waals surface area contributed by atoms with E-state index in [2.05, 4.69) is 53.5 Å². The molecule has 3 rings (SSSR count). The van der Waals surface area contributed by atoms with Crippen molar-refractivity contribution in [2.24, 2.45) is 0 Å². The van der Waals surface area contributed by atoms with Gasteiger partial charge in [-0.1, -0.05) is 30.3 Å². The Balaban J connectivity index is 1.51. The predicted octanol–water partition coefficient (Wildman–Crippen LogP) is 2.91. The Kier molecular flexibility index (Phi) is 6.75. The summed E-state index contributed by atoms with van der Waals surface area (Å²) >= 11 is 0. The van der Waals surface area contributed by atoms with Gasteiger partial charge >= 0.3 is 0 Å². The molecule has 6 heteroatoms. The van der Waals surface area contributed by atoms with Crippen molar-refractivity contribution in [3.8, 4) is 0 Å². The SMILES string of the molecule is CN(C)c1cccc(CNC2CCN(Cc3ccccc3S(C)(=O)=O)CC2)c1. The molecule has 0 amide bonds. The van der Waals surface area contributed by atoms with Gasteiger partial charge in [-0.15, -0.1) is 0 Å². The summed E-state index contributed by atoms with van der Waals surface area (Å²) in [5.74, 6) is 0. The molecule has 0 atom stereocenters. The summed E-state index contributed by atoms with van der Waals surface area (Å²) in [4.78, 5) is 4.93. The second-order valence-electron chi connectivity index (χ2n) is 7.88. The Labute approximate surface area is 169 Å². The minimum atomic E-state index is -3.19. The van der Waals surface area contributed by atoms with Crippen molar-refractivity contribution < 1.29 is 8.42 Å². The number of hydrogen-bond acceptors (Lipinski definition) is 5. The van der Waals surface area contributed by atoms with Crippen LogP contribution in [0.15, 0.2) is 53.4 Å². The second-order valence-corrected chi connectivity index (χ2v) is 9.86. The zero-order valence-electron chi connectivity index (χ0n) is 17.1. The number of likely N-dealkylation sites (tertiary alicyclic amines) is 1. The molecule has 152 valence electrons. The van der Waals surface area contributed by atoms with Crippen LogP contribution in [0.25, 0.3) is 0 Å². The van der Waals surface area contributed by atoms with Gasteiger partial charge in [-0.05, 0) is 55.3 Å². The monoisotopic (exact) mass is 401 g/mol. The number of hydrogen-bond donors (Lipinski definition) is 1. The zero-order valence-corrected chi connectivity index (χ0v) is 17.9. The van der Waals surface area contributed by atoms with Crippen molar-refractivity contribution in [1.29, 1.82) is 0 Å². The number of rotatable bonds is 7. The molecular formula is C22H31N3O2S. The fourth-order valence-corrected chi connectivity index (χ4v) is 4.67. The molecule has 2 aromatic rings. The van der Waals surface area contributed by atoms with Crippen LogP contribution in [0.4, 0.5) is 5.69 Å². The van der Waals surface area contributed by atoms with Crippen LogP contribution in [-0.2, 0) is 22.9 Å². The fourth-order valence-electron chi connectivity index (χ4n) is 3.74. The van der Waals surface area contributed by atoms with Crippen LogP contribution in [0.5, 0.6) is 0 Å². The van der Waals surface area contributed by atoms with Crippen LogP contribution >= 0.6 is 0 Å². The van der Waals surface area contributed by atoms with Gasteiger partial charge in [0.2, 0.25) is 0 Å². The number of nitrogens with one attached hydrogen (secondary N) is 1. The van der Waals surface area contributed by atoms with Crippen LogP contribution in [0.2, 0.25) is 0 Å². The molecule has 0 unspecified atom stereocenters. The topological polar surface area (TPSA) is 52.6 Å². The molecule has 28 heavy (non-hydrogen) atoms. The van der Waals surface area contributed by atoms with Crippen molar-refractivity contribution in [3.63, 3.8) is 0 Å². The van der Waals surface area contributed by atoms with E-state index in [9.17, 15) is 8.42 Å². The van der Waals surface area contributed by atoms with Gasteiger partial charge in [0.05, 0.1) is 4.90 Å². The molecule has 1 aliphatic rings. The van der Waals surface area contributed by atoms with Gasteiger partial charge in [-0.3, -0.25) is 4.90 Å². The Bertz CT molecular complexity index is 888. The van der Waals surface area contributed by atoms with Crippen LogP contribution in [0.1, 0.15) is 24.0 Å². The Morgan fingerprint density at radius 1 is 1.07 bits per heavy atom. The molecule has 1 saturated heterocycles. The molecule has 1 N–H and O–H groups in total. The molecule has 0 aliphatic carbocycles. The lowest BCUT2D eigenvalue weighted by molar-refractivity contribution is 0.189. The molecule has 0 spiro atoms. The predicted molar refractivity (Wildman–Crippen MR) is 115 cm³/mol. The Morgan fingerprint density at radius 2 is 1.79 bits per heavy atom. The van der Waals surface area contributed by atoms with E-state index in [0.29, 0.717) is 17.5 Å². The third-order valence-electron chi connectivity index (χ3n) is 5.38. The van der Waals surface area contributed by atoms with Crippen LogP contribution in [-0.4, -0.2) is 52.8 Å². The van der Waals surface area contributed by atoms with Gasteiger partial charge in [0.25, 0.3) is 0 Å². The first-order valence-electron chi connectivity index (χ1n) is 9.83. The molecule has 1 heterocycles. The lowest BCUT2D eigenvalue weighted by atomic mass is 10.0. The molecule has 2 aromatic carbocycles. The van der Waals surface area contributed by atoms with E-state index in [1.54, 1.807) is 12.1 Å². The Morgan fingerprint density at radius 3 is 2.46 bits per heavy atom. The average Bonchev–Trinajstić information content (AvgIpc) is 2.67. The third-order valence-corrected chi connectivity index (χ3v) is 6.57. The highest BCUT2D eigenvalue weighted by atomic mass is 32.2. The summed E-state index contributed by atoms with van der Waals surface area (Å²) in [6.07, 6.45) is 3.44. The molecule has 5 nitrogen and oxygen atoms in total. The van der Waals surface area contributed by atoms with Gasteiger partial charge in [0.1, 0.15) is 0 Å². The molecule has 0 aromatic heterocycles.